The van der Waals surface area contributed by atoms with E-state index in [0.29, 0.717) is 31.6 Å². The molecule has 6 nitrogen and oxygen atoms in total. The standard InChI is InChI=1S/C12H22N4O2/c1-4-18-11-5-6-13-12(15-11)14-7-9-17-10-8-16(2)3/h5-6H,4,7-10H2,1-3H3,(H,13,14,15). The summed E-state index contributed by atoms with van der Waals surface area (Å²) in [7, 11) is 4.04. The summed E-state index contributed by atoms with van der Waals surface area (Å²) in [5.74, 6) is 1.15. The van der Waals surface area contributed by atoms with Gasteiger partial charge in [-0.2, -0.15) is 4.98 Å². The summed E-state index contributed by atoms with van der Waals surface area (Å²) in [6.45, 7) is 5.50. The molecule has 0 aliphatic rings. The number of rotatable bonds is 9. The monoisotopic (exact) mass is 254 g/mol. The van der Waals surface area contributed by atoms with Crippen molar-refractivity contribution in [2.45, 2.75) is 6.92 Å². The zero-order valence-corrected chi connectivity index (χ0v) is 11.3. The van der Waals surface area contributed by atoms with Crippen molar-refractivity contribution in [3.05, 3.63) is 12.3 Å². The Morgan fingerprint density at radius 3 is 2.89 bits per heavy atom. The Hall–Kier alpha value is -1.40. The van der Waals surface area contributed by atoms with Crippen molar-refractivity contribution in [3.8, 4) is 5.88 Å². The van der Waals surface area contributed by atoms with Crippen molar-refractivity contribution in [2.75, 3.05) is 52.3 Å². The molecule has 0 unspecified atom stereocenters. The van der Waals surface area contributed by atoms with Crippen LogP contribution in [0.4, 0.5) is 5.95 Å². The van der Waals surface area contributed by atoms with E-state index in [1.54, 1.807) is 12.3 Å². The lowest BCUT2D eigenvalue weighted by molar-refractivity contribution is 0.126. The maximum absolute atomic E-state index is 5.45. The van der Waals surface area contributed by atoms with Gasteiger partial charge in [-0.15, -0.1) is 0 Å². The van der Waals surface area contributed by atoms with Gasteiger partial charge < -0.3 is 19.7 Å². The van der Waals surface area contributed by atoms with Crippen LogP contribution in [0.15, 0.2) is 12.3 Å². The summed E-state index contributed by atoms with van der Waals surface area (Å²) in [6.07, 6.45) is 1.67. The quantitative estimate of drug-likeness (QED) is 0.660. The van der Waals surface area contributed by atoms with Crippen LogP contribution in [0.2, 0.25) is 0 Å². The molecule has 0 radical (unpaired) electrons. The van der Waals surface area contributed by atoms with Crippen LogP contribution in [0.5, 0.6) is 5.88 Å². The van der Waals surface area contributed by atoms with Crippen molar-refractivity contribution >= 4 is 5.95 Å². The number of ether oxygens (including phenoxy) is 2. The molecule has 6 heteroatoms. The molecule has 18 heavy (non-hydrogen) atoms. The highest BCUT2D eigenvalue weighted by atomic mass is 16.5. The molecule has 0 aromatic carbocycles. The number of nitrogens with zero attached hydrogens (tertiary/aromatic N) is 3. The number of hydrogen-bond acceptors (Lipinski definition) is 6. The molecule has 0 bridgehead atoms. The highest BCUT2D eigenvalue weighted by Gasteiger charge is 1.98. The third-order valence-corrected chi connectivity index (χ3v) is 2.13. The first kappa shape index (κ1) is 14.7. The summed E-state index contributed by atoms with van der Waals surface area (Å²) in [5, 5.41) is 3.09. The van der Waals surface area contributed by atoms with Gasteiger partial charge in [0, 0.05) is 25.4 Å². The minimum absolute atomic E-state index is 0.567. The smallest absolute Gasteiger partial charge is 0.226 e. The van der Waals surface area contributed by atoms with Crippen LogP contribution in [0, 0.1) is 0 Å². The van der Waals surface area contributed by atoms with Gasteiger partial charge >= 0.3 is 0 Å². The zero-order valence-electron chi connectivity index (χ0n) is 11.3. The second kappa shape index (κ2) is 8.66. The molecule has 0 saturated carbocycles. The van der Waals surface area contributed by atoms with E-state index in [0.717, 1.165) is 13.2 Å². The van der Waals surface area contributed by atoms with Gasteiger partial charge in [0.1, 0.15) is 0 Å². The molecular formula is C12H22N4O2. The van der Waals surface area contributed by atoms with E-state index in [1.165, 1.54) is 0 Å². The minimum Gasteiger partial charge on any atom is -0.478 e. The van der Waals surface area contributed by atoms with Gasteiger partial charge in [0.15, 0.2) is 0 Å². The molecule has 1 aromatic rings. The Morgan fingerprint density at radius 2 is 2.17 bits per heavy atom. The molecule has 0 atom stereocenters. The Balaban J connectivity index is 2.16. The molecule has 0 aliphatic heterocycles. The maximum Gasteiger partial charge on any atom is 0.226 e. The number of likely N-dealkylation sites (N-methyl/N-ethyl adjacent to an activating group) is 1. The fraction of sp³-hybridized carbons (Fsp3) is 0.667. The van der Waals surface area contributed by atoms with Gasteiger partial charge in [0.25, 0.3) is 0 Å². The van der Waals surface area contributed by atoms with E-state index in [2.05, 4.69) is 20.2 Å². The summed E-state index contributed by atoms with van der Waals surface area (Å²) in [6, 6.07) is 1.74. The Kier molecular flexibility index (Phi) is 7.05. The van der Waals surface area contributed by atoms with E-state index >= 15 is 0 Å². The van der Waals surface area contributed by atoms with Gasteiger partial charge in [0.05, 0.1) is 19.8 Å². The number of nitrogens with one attached hydrogen (secondary N) is 1. The highest BCUT2D eigenvalue weighted by molar-refractivity contribution is 5.27. The zero-order chi connectivity index (χ0) is 13.2. The van der Waals surface area contributed by atoms with Crippen LogP contribution in [0.3, 0.4) is 0 Å². The van der Waals surface area contributed by atoms with Gasteiger partial charge in [-0.25, -0.2) is 4.98 Å². The van der Waals surface area contributed by atoms with Gasteiger partial charge in [0.2, 0.25) is 11.8 Å². The summed E-state index contributed by atoms with van der Waals surface area (Å²) in [4.78, 5) is 10.4. The molecule has 1 heterocycles. The Morgan fingerprint density at radius 1 is 1.33 bits per heavy atom. The Bertz CT molecular complexity index is 334. The van der Waals surface area contributed by atoms with Crippen molar-refractivity contribution in [1.82, 2.24) is 14.9 Å². The average Bonchev–Trinajstić information content (AvgIpc) is 2.34. The second-order valence-corrected chi connectivity index (χ2v) is 3.99. The van der Waals surface area contributed by atoms with Gasteiger partial charge in [-0.1, -0.05) is 0 Å². The fourth-order valence-electron chi connectivity index (χ4n) is 1.24. The second-order valence-electron chi connectivity index (χ2n) is 3.99. The van der Waals surface area contributed by atoms with Crippen LogP contribution in [0.25, 0.3) is 0 Å². The third-order valence-electron chi connectivity index (χ3n) is 2.13. The lowest BCUT2D eigenvalue weighted by Crippen LogP contribution is -2.20. The topological polar surface area (TPSA) is 59.5 Å². The molecule has 1 aromatic heterocycles. The lowest BCUT2D eigenvalue weighted by Gasteiger charge is -2.10. The first-order valence-corrected chi connectivity index (χ1v) is 6.14. The fourth-order valence-corrected chi connectivity index (χ4v) is 1.24. The largest absolute Gasteiger partial charge is 0.478 e. The van der Waals surface area contributed by atoms with E-state index in [4.69, 9.17) is 9.47 Å². The van der Waals surface area contributed by atoms with E-state index in [-0.39, 0.29) is 0 Å². The number of aromatic nitrogens is 2. The molecule has 0 fully saturated rings. The van der Waals surface area contributed by atoms with Crippen LogP contribution in [-0.2, 0) is 4.74 Å². The third kappa shape index (κ3) is 6.36. The van der Waals surface area contributed by atoms with E-state index in [1.807, 2.05) is 21.0 Å². The molecule has 0 saturated heterocycles. The average molecular weight is 254 g/mol. The summed E-state index contributed by atoms with van der Waals surface area (Å²) < 4.78 is 10.7. The molecule has 1 N–H and O–H groups in total. The summed E-state index contributed by atoms with van der Waals surface area (Å²) in [5.41, 5.74) is 0. The lowest BCUT2D eigenvalue weighted by atomic mass is 10.6. The first-order chi connectivity index (χ1) is 8.72. The van der Waals surface area contributed by atoms with Crippen LogP contribution < -0.4 is 10.1 Å². The van der Waals surface area contributed by atoms with Crippen LogP contribution in [0.1, 0.15) is 6.92 Å². The van der Waals surface area contributed by atoms with E-state index < -0.39 is 0 Å². The van der Waals surface area contributed by atoms with Crippen molar-refractivity contribution in [3.63, 3.8) is 0 Å². The number of hydrogen-bond donors (Lipinski definition) is 1. The predicted octanol–water partition coefficient (Wildman–Crippen LogP) is 0.865. The van der Waals surface area contributed by atoms with Gasteiger partial charge in [-0.3, -0.25) is 0 Å². The number of anilines is 1. The molecule has 0 aliphatic carbocycles. The van der Waals surface area contributed by atoms with Crippen molar-refractivity contribution < 1.29 is 9.47 Å². The molecule has 102 valence electrons. The molecular weight excluding hydrogens is 232 g/mol. The van der Waals surface area contributed by atoms with E-state index in [9.17, 15) is 0 Å². The normalized spacial score (nSPS) is 10.7. The highest BCUT2D eigenvalue weighted by Crippen LogP contribution is 2.07. The minimum atomic E-state index is 0.567. The van der Waals surface area contributed by atoms with Crippen LogP contribution in [-0.4, -0.2) is 61.9 Å². The molecule has 0 amide bonds. The Labute approximate surface area is 108 Å². The predicted molar refractivity (Wildman–Crippen MR) is 71.1 cm³/mol. The van der Waals surface area contributed by atoms with Crippen LogP contribution >= 0.6 is 0 Å². The SMILES string of the molecule is CCOc1ccnc(NCCOCCN(C)C)n1. The van der Waals surface area contributed by atoms with Crippen molar-refractivity contribution in [2.24, 2.45) is 0 Å². The van der Waals surface area contributed by atoms with Gasteiger partial charge in [-0.05, 0) is 21.0 Å². The molecule has 1 rings (SSSR count). The van der Waals surface area contributed by atoms with Crippen molar-refractivity contribution in [1.29, 1.82) is 0 Å². The maximum atomic E-state index is 5.45. The molecule has 0 spiro atoms. The summed E-state index contributed by atoms with van der Waals surface area (Å²) >= 11 is 0. The first-order valence-electron chi connectivity index (χ1n) is 6.14.